The maximum atomic E-state index is 5.37. The molecule has 2 aromatic rings. The maximum Gasteiger partial charge on any atom is 0.161 e. The number of rotatable bonds is 6. The van der Waals surface area contributed by atoms with Gasteiger partial charge in [-0.1, -0.05) is 6.07 Å². The molecular weight excluding hydrogens is 338 g/mol. The van der Waals surface area contributed by atoms with Crippen LogP contribution in [0.2, 0.25) is 0 Å². The molecule has 1 heterocycles. The van der Waals surface area contributed by atoms with Gasteiger partial charge >= 0.3 is 0 Å². The van der Waals surface area contributed by atoms with Crippen molar-refractivity contribution in [2.24, 2.45) is 0 Å². The summed E-state index contributed by atoms with van der Waals surface area (Å²) in [5, 5.41) is 5.46. The minimum Gasteiger partial charge on any atom is -0.493 e. The summed E-state index contributed by atoms with van der Waals surface area (Å²) in [5.41, 5.74) is 1.19. The number of nitrogens with one attached hydrogen (secondary N) is 1. The van der Waals surface area contributed by atoms with E-state index in [0.717, 1.165) is 17.9 Å². The van der Waals surface area contributed by atoms with Gasteiger partial charge in [0.25, 0.3) is 0 Å². The van der Waals surface area contributed by atoms with Crippen molar-refractivity contribution in [3.05, 3.63) is 44.6 Å². The molecule has 1 aromatic carbocycles. The van der Waals surface area contributed by atoms with Crippen LogP contribution in [0, 0.1) is 0 Å². The van der Waals surface area contributed by atoms with Gasteiger partial charge in [-0.2, -0.15) is 0 Å². The molecule has 0 spiro atoms. The molecule has 1 unspecified atom stereocenters. The molecule has 0 amide bonds. The first kappa shape index (κ1) is 15.4. The van der Waals surface area contributed by atoms with Crippen molar-refractivity contribution in [2.75, 3.05) is 21.3 Å². The Hall–Kier alpha value is -1.04. The summed E-state index contributed by atoms with van der Waals surface area (Å²) in [4.78, 5) is 1.33. The summed E-state index contributed by atoms with van der Waals surface area (Å²) in [5.74, 6) is 1.51. The molecule has 0 radical (unpaired) electrons. The summed E-state index contributed by atoms with van der Waals surface area (Å²) in [7, 11) is 5.28. The number of likely N-dealkylation sites (N-methyl/N-ethyl adjacent to an activating group) is 1. The molecule has 0 aliphatic carbocycles. The first-order valence-electron chi connectivity index (χ1n) is 6.30. The summed E-state index contributed by atoms with van der Waals surface area (Å²) in [6.45, 7) is 0. The van der Waals surface area contributed by atoms with E-state index < -0.39 is 0 Å². The Morgan fingerprint density at radius 1 is 1.20 bits per heavy atom. The summed E-state index contributed by atoms with van der Waals surface area (Å²) in [6.07, 6.45) is 0.935. The quantitative estimate of drug-likeness (QED) is 0.848. The molecule has 0 saturated heterocycles. The van der Waals surface area contributed by atoms with E-state index >= 15 is 0 Å². The second-order valence-electron chi connectivity index (χ2n) is 4.35. The molecule has 0 aliphatic heterocycles. The van der Waals surface area contributed by atoms with Crippen LogP contribution in [0.15, 0.2) is 34.1 Å². The van der Waals surface area contributed by atoms with Crippen LogP contribution in [0.5, 0.6) is 11.5 Å². The number of ether oxygens (including phenoxy) is 2. The third kappa shape index (κ3) is 3.34. The Labute approximate surface area is 132 Å². The number of methoxy groups -OCH3 is 2. The van der Waals surface area contributed by atoms with Gasteiger partial charge in [-0.05, 0) is 52.1 Å². The van der Waals surface area contributed by atoms with E-state index in [1.165, 1.54) is 14.9 Å². The number of halogens is 1. The van der Waals surface area contributed by atoms with Gasteiger partial charge < -0.3 is 14.8 Å². The predicted octanol–water partition coefficient (Wildman–Crippen LogP) is 4.03. The van der Waals surface area contributed by atoms with Crippen LogP contribution >= 0.6 is 27.3 Å². The van der Waals surface area contributed by atoms with Crippen molar-refractivity contribution in [3.63, 3.8) is 0 Å². The van der Waals surface area contributed by atoms with Crippen molar-refractivity contribution in [1.29, 1.82) is 0 Å². The van der Waals surface area contributed by atoms with E-state index in [2.05, 4.69) is 38.8 Å². The molecule has 3 nitrogen and oxygen atoms in total. The van der Waals surface area contributed by atoms with Crippen molar-refractivity contribution in [3.8, 4) is 11.5 Å². The topological polar surface area (TPSA) is 30.5 Å². The fourth-order valence-electron chi connectivity index (χ4n) is 2.11. The Morgan fingerprint density at radius 3 is 2.50 bits per heavy atom. The Balaban J connectivity index is 2.25. The zero-order valence-corrected chi connectivity index (χ0v) is 14.2. The number of hydrogen-bond donors (Lipinski definition) is 1. The van der Waals surface area contributed by atoms with E-state index in [1.54, 1.807) is 25.6 Å². The van der Waals surface area contributed by atoms with Crippen LogP contribution in [0.3, 0.4) is 0 Å². The van der Waals surface area contributed by atoms with E-state index in [9.17, 15) is 0 Å². The van der Waals surface area contributed by atoms with E-state index in [0.29, 0.717) is 0 Å². The first-order valence-corrected chi connectivity index (χ1v) is 7.98. The summed E-state index contributed by atoms with van der Waals surface area (Å²) >= 11 is 5.35. The number of thiophene rings is 1. The fourth-order valence-corrected chi connectivity index (χ4v) is 3.67. The Kier molecular flexibility index (Phi) is 5.46. The van der Waals surface area contributed by atoms with Gasteiger partial charge in [-0.3, -0.25) is 0 Å². The Morgan fingerprint density at radius 2 is 1.95 bits per heavy atom. The third-order valence-corrected chi connectivity index (χ3v) is 5.19. The van der Waals surface area contributed by atoms with Gasteiger partial charge in [0, 0.05) is 21.8 Å². The molecule has 2 rings (SSSR count). The van der Waals surface area contributed by atoms with Gasteiger partial charge in [0.2, 0.25) is 0 Å². The fraction of sp³-hybridized carbons (Fsp3) is 0.333. The average Bonchev–Trinajstić information content (AvgIpc) is 2.89. The van der Waals surface area contributed by atoms with Crippen molar-refractivity contribution in [2.45, 2.75) is 12.5 Å². The van der Waals surface area contributed by atoms with Gasteiger partial charge in [-0.15, -0.1) is 11.3 Å². The molecule has 0 saturated carbocycles. The van der Waals surface area contributed by atoms with Crippen LogP contribution in [-0.2, 0) is 6.42 Å². The van der Waals surface area contributed by atoms with E-state index in [1.807, 2.05) is 19.2 Å². The molecule has 0 fully saturated rings. The van der Waals surface area contributed by atoms with Crippen LogP contribution in [0.1, 0.15) is 16.5 Å². The van der Waals surface area contributed by atoms with Crippen molar-refractivity contribution in [1.82, 2.24) is 5.32 Å². The van der Waals surface area contributed by atoms with Gasteiger partial charge in [-0.25, -0.2) is 0 Å². The lowest BCUT2D eigenvalue weighted by Gasteiger charge is -2.18. The highest BCUT2D eigenvalue weighted by atomic mass is 79.9. The van der Waals surface area contributed by atoms with Crippen LogP contribution in [0.25, 0.3) is 0 Å². The SMILES string of the molecule is CNC(Cc1sccc1Br)c1ccc(OC)c(OC)c1. The number of benzene rings is 1. The molecule has 0 bridgehead atoms. The lowest BCUT2D eigenvalue weighted by molar-refractivity contribution is 0.354. The van der Waals surface area contributed by atoms with Crippen LogP contribution in [0.4, 0.5) is 0 Å². The van der Waals surface area contributed by atoms with E-state index in [-0.39, 0.29) is 6.04 Å². The number of hydrogen-bond acceptors (Lipinski definition) is 4. The van der Waals surface area contributed by atoms with E-state index in [4.69, 9.17) is 9.47 Å². The average molecular weight is 356 g/mol. The van der Waals surface area contributed by atoms with Gasteiger partial charge in [0.05, 0.1) is 14.2 Å². The van der Waals surface area contributed by atoms with Crippen molar-refractivity contribution >= 4 is 27.3 Å². The molecule has 20 heavy (non-hydrogen) atoms. The lowest BCUT2D eigenvalue weighted by Crippen LogP contribution is -2.18. The van der Waals surface area contributed by atoms with Crippen LogP contribution in [-0.4, -0.2) is 21.3 Å². The highest BCUT2D eigenvalue weighted by Gasteiger charge is 2.15. The minimum atomic E-state index is 0.241. The summed E-state index contributed by atoms with van der Waals surface area (Å²) in [6, 6.07) is 8.37. The normalized spacial score (nSPS) is 12.2. The first-order chi connectivity index (χ1) is 9.69. The second-order valence-corrected chi connectivity index (χ2v) is 6.21. The van der Waals surface area contributed by atoms with Crippen molar-refractivity contribution < 1.29 is 9.47 Å². The predicted molar refractivity (Wildman–Crippen MR) is 87.1 cm³/mol. The molecule has 0 aliphatic rings. The summed E-state index contributed by atoms with van der Waals surface area (Å²) < 4.78 is 11.8. The molecule has 108 valence electrons. The Bertz CT molecular complexity index is 571. The third-order valence-electron chi connectivity index (χ3n) is 3.24. The highest BCUT2D eigenvalue weighted by molar-refractivity contribution is 9.10. The lowest BCUT2D eigenvalue weighted by atomic mass is 10.0. The van der Waals surface area contributed by atoms with Crippen LogP contribution < -0.4 is 14.8 Å². The molecule has 1 N–H and O–H groups in total. The van der Waals surface area contributed by atoms with Gasteiger partial charge in [0.1, 0.15) is 0 Å². The molecule has 5 heteroatoms. The minimum absolute atomic E-state index is 0.241. The standard InChI is InChI=1S/C15H18BrNO2S/c1-17-12(9-15-11(16)6-7-20-15)10-4-5-13(18-2)14(8-10)19-3/h4-8,12,17H,9H2,1-3H3. The maximum absolute atomic E-state index is 5.37. The second kappa shape index (κ2) is 7.11. The smallest absolute Gasteiger partial charge is 0.161 e. The highest BCUT2D eigenvalue weighted by Crippen LogP contribution is 2.33. The zero-order valence-electron chi connectivity index (χ0n) is 11.8. The largest absolute Gasteiger partial charge is 0.493 e. The zero-order chi connectivity index (χ0) is 14.5. The molecule has 1 atom stereocenters. The monoisotopic (exact) mass is 355 g/mol. The molecule has 1 aromatic heterocycles. The molecular formula is C15H18BrNO2S. The van der Waals surface area contributed by atoms with Gasteiger partial charge in [0.15, 0.2) is 11.5 Å².